The van der Waals surface area contributed by atoms with Gasteiger partial charge in [0.05, 0.1) is 90.6 Å². The van der Waals surface area contributed by atoms with Gasteiger partial charge >= 0.3 is 160 Å². The van der Waals surface area contributed by atoms with Crippen molar-refractivity contribution >= 4 is 40.5 Å². The predicted octanol–water partition coefficient (Wildman–Crippen LogP) is -15.1. The molecule has 0 radical (unpaired) electrons. The Morgan fingerprint density at radius 2 is 0.469 bits per heavy atom. The van der Waals surface area contributed by atoms with Gasteiger partial charge in [0.2, 0.25) is 0 Å². The van der Waals surface area contributed by atoms with Crippen molar-refractivity contribution < 1.29 is 218 Å². The van der Waals surface area contributed by atoms with Gasteiger partial charge in [0, 0.05) is 11.8 Å². The molecule has 20 unspecified atom stereocenters. The van der Waals surface area contributed by atoms with Crippen LogP contribution in [0.25, 0.3) is 0 Å². The average molecular weight is 1100 g/mol. The first-order valence-corrected chi connectivity index (χ1v) is 27.6. The van der Waals surface area contributed by atoms with Crippen LogP contribution in [0.5, 0.6) is 0 Å². The Labute approximate surface area is 489 Å². The zero-order valence-corrected chi connectivity index (χ0v) is 50.3. The molecule has 64 heavy (non-hydrogen) atoms. The molecule has 8 N–H and O–H groups in total. The van der Waals surface area contributed by atoms with Gasteiger partial charge in [0.15, 0.2) is 0 Å². The monoisotopic (exact) mass is 1100 g/mol. The van der Waals surface area contributed by atoms with Crippen LogP contribution in [0.4, 0.5) is 0 Å². The number of fused-ring (bicyclic) bond motifs is 20. The van der Waals surface area contributed by atoms with Gasteiger partial charge in [-0.2, -0.15) is 0 Å². The normalized spacial score (nSPS) is 44.9. The zero-order valence-electron chi connectivity index (χ0n) is 40.3. The fourth-order valence-corrected chi connectivity index (χ4v) is 20.5. The maximum atomic E-state index is 13.3. The molecule has 9 fully saturated rings. The van der Waals surface area contributed by atoms with Crippen LogP contribution in [0.1, 0.15) is 82.8 Å². The Bertz CT molecular complexity index is 1940. The van der Waals surface area contributed by atoms with E-state index < -0.39 is 98.0 Å². The van der Waals surface area contributed by atoms with Crippen molar-refractivity contribution in [2.45, 2.75) is 147 Å². The molecule has 9 aliphatic rings. The Morgan fingerprint density at radius 1 is 0.312 bits per heavy atom. The van der Waals surface area contributed by atoms with Gasteiger partial charge in [0.1, 0.15) is 20.2 Å². The third kappa shape index (κ3) is 12.6. The Kier molecular flexibility index (Phi) is 24.4. The van der Waals surface area contributed by atoms with Crippen LogP contribution in [0.3, 0.4) is 0 Å². The fraction of sp³-hybridized carbons (Fsp3) is 1.00. The molecule has 4 saturated carbocycles. The minimum atomic E-state index is -6.22. The summed E-state index contributed by atoms with van der Waals surface area (Å²) in [5, 5.41) is 16.2. The first-order chi connectivity index (χ1) is 28.3. The van der Waals surface area contributed by atoms with Crippen molar-refractivity contribution in [3.05, 3.63) is 0 Å². The van der Waals surface area contributed by atoms with Gasteiger partial charge in [-0.1, -0.05) is 38.5 Å². The molecule has 0 aromatic rings. The molecule has 20 atom stereocenters. The van der Waals surface area contributed by atoms with Crippen molar-refractivity contribution in [2.24, 2.45) is 47.3 Å². The van der Waals surface area contributed by atoms with Gasteiger partial charge in [0.25, 0.3) is 0 Å². The van der Waals surface area contributed by atoms with Crippen LogP contribution >= 0.6 is 0 Å². The molecule has 32 heteroatoms. The number of nitrogens with one attached hydrogen (secondary N) is 8. The van der Waals surface area contributed by atoms with E-state index in [1.807, 2.05) is 0 Å². The SMILES string of the molecule is O=S(=O)([O-])C1C2C3NC4NC(NC5NC(NC6NC(NC(N3)C2C(S(=O)(=O)[O-])C(S(=O)(=O)[O-])C1S(=O)(=O)[O-])C1CCCCC61)C1CCCCC51)C1CCCCC41.[H-].[H-].[H-].[H-].[Na+].[Na+].[Na+].[Na+].[O]=[V+2].[O]=[V+2]. The molecule has 5 heterocycles. The molecule has 22 nitrogen and oxygen atoms in total. The van der Waals surface area contributed by atoms with Gasteiger partial charge in [-0.15, -0.1) is 0 Å². The van der Waals surface area contributed by atoms with Crippen LogP contribution in [0, 0.1) is 47.3 Å². The number of rotatable bonds is 4. The quantitative estimate of drug-likeness (QED) is 0.0957. The van der Waals surface area contributed by atoms with Crippen molar-refractivity contribution in [3.63, 3.8) is 0 Å². The van der Waals surface area contributed by atoms with Crippen LogP contribution in [-0.4, -0.2) is 122 Å². The predicted molar refractivity (Wildman–Crippen MR) is 198 cm³/mol. The first-order valence-electron chi connectivity index (χ1n) is 20.5. The molecule has 5 saturated heterocycles. The summed E-state index contributed by atoms with van der Waals surface area (Å²) in [5.74, 6) is -3.14. The summed E-state index contributed by atoms with van der Waals surface area (Å²) in [7, 11) is -24.4. The molecule has 0 aromatic carbocycles. The number of hydrogen-bond donors (Lipinski definition) is 8. The molecule has 5 aliphatic heterocycles. The summed E-state index contributed by atoms with van der Waals surface area (Å²) in [5.41, 5.74) is 0. The first kappa shape index (κ1) is 62.4. The van der Waals surface area contributed by atoms with E-state index in [2.05, 4.69) is 42.5 Å². The second kappa shape index (κ2) is 25.1. The number of hydrogen-bond acceptors (Lipinski definition) is 22. The van der Waals surface area contributed by atoms with Gasteiger partial charge in [-0.3, -0.25) is 42.5 Å². The molecule has 0 aromatic heterocycles. The fourth-order valence-electron chi connectivity index (χ4n) is 13.4. The van der Waals surface area contributed by atoms with E-state index in [4.69, 9.17) is 7.35 Å². The van der Waals surface area contributed by atoms with E-state index >= 15 is 0 Å². The molecule has 346 valence electrons. The van der Waals surface area contributed by atoms with Crippen LogP contribution in [0.15, 0.2) is 0 Å². The summed E-state index contributed by atoms with van der Waals surface area (Å²) in [6.45, 7) is 0. The molecule has 0 spiro atoms. The summed E-state index contributed by atoms with van der Waals surface area (Å²) >= 11 is 2.12. The van der Waals surface area contributed by atoms with E-state index in [1.165, 1.54) is 0 Å². The molecule has 9 rings (SSSR count). The topological polar surface area (TPSA) is 359 Å². The van der Waals surface area contributed by atoms with Gasteiger partial charge < -0.3 is 23.9 Å². The van der Waals surface area contributed by atoms with Crippen molar-refractivity contribution in [3.8, 4) is 0 Å². The average Bonchev–Trinajstić information content (AvgIpc) is 3.93. The van der Waals surface area contributed by atoms with E-state index in [1.54, 1.807) is 0 Å². The molecule has 0 amide bonds. The molecular formula is C32H56N8Na4O14S4V2. The summed E-state index contributed by atoms with van der Waals surface area (Å²) < 4.78 is 173. The molecule has 4 aliphatic carbocycles. The molecular weight excluding hydrogens is 1040 g/mol. The third-order valence-electron chi connectivity index (χ3n) is 15.3. The second-order valence-electron chi connectivity index (χ2n) is 18.0. The Morgan fingerprint density at radius 3 is 0.641 bits per heavy atom. The van der Waals surface area contributed by atoms with Crippen molar-refractivity contribution in [1.82, 2.24) is 42.5 Å². The zero-order chi connectivity index (χ0) is 43.7. The summed E-state index contributed by atoms with van der Waals surface area (Å²) in [6, 6.07) is 0. The summed E-state index contributed by atoms with van der Waals surface area (Å²) in [4.78, 5) is 0. The van der Waals surface area contributed by atoms with Crippen LogP contribution in [-0.2, 0) is 82.6 Å². The third-order valence-corrected chi connectivity index (χ3v) is 20.9. The van der Waals surface area contributed by atoms with E-state index in [0.717, 1.165) is 112 Å². The van der Waals surface area contributed by atoms with Gasteiger partial charge in [-0.05, 0) is 74.0 Å². The van der Waals surface area contributed by atoms with Crippen LogP contribution in [0.2, 0.25) is 0 Å². The van der Waals surface area contributed by atoms with E-state index in [-0.39, 0.29) is 172 Å². The summed E-state index contributed by atoms with van der Waals surface area (Å²) in [6.07, 6.45) is 6.60. The van der Waals surface area contributed by atoms with Gasteiger partial charge in [-0.25, -0.2) is 33.7 Å². The maximum absolute atomic E-state index is 13.3. The van der Waals surface area contributed by atoms with E-state index in [0.29, 0.717) is 11.8 Å². The van der Waals surface area contributed by atoms with E-state index in [9.17, 15) is 51.9 Å². The van der Waals surface area contributed by atoms with Crippen LogP contribution < -0.4 is 161 Å². The second-order valence-corrected chi connectivity index (χ2v) is 24.1. The molecule has 8 bridgehead atoms. The Balaban J connectivity index is 0. The Hall–Kier alpha value is 4.09. The standard InChI is InChI=1S/C32H56N8O12S4.4Na.2O.2V.4H/c41-53(42,43)21-19-20(22(54(44,45)46)24(56(50,51)52)23(21)55(47,48)49)32-39-30-18-12-6-4-10-16(18)28(37-30)35-26-14-8-2-1-7-13(14)25(33-26)34-27-15-9-3-5-11-17(15)29(36-27)38-31(19)40-32;;;;;;;;;;;;/h13-40H,1-12H2,(H,41,42,43)(H,44,45,46)(H,47,48,49)(H,50,51,52);;;;;;;;;;;;/q;4*+1;;;2*+2;4*-1/p-4. The van der Waals surface area contributed by atoms with Crippen molar-refractivity contribution in [1.29, 1.82) is 0 Å². The van der Waals surface area contributed by atoms with Crippen molar-refractivity contribution in [2.75, 3.05) is 0 Å². The minimum absolute atomic E-state index is 0.